The first kappa shape index (κ1) is 13.1. The van der Waals surface area contributed by atoms with Gasteiger partial charge in [-0.3, -0.25) is 0 Å². The van der Waals surface area contributed by atoms with Crippen LogP contribution in [-0.2, 0) is 6.18 Å². The number of rotatable bonds is 0. The van der Waals surface area contributed by atoms with Gasteiger partial charge < -0.3 is 10.5 Å². The first-order chi connectivity index (χ1) is 6.98. The zero-order valence-electron chi connectivity index (χ0n) is 8.25. The highest BCUT2D eigenvalue weighted by atomic mass is 35.5. The fourth-order valence-electron chi connectivity index (χ4n) is 1.59. The van der Waals surface area contributed by atoms with Crippen molar-refractivity contribution in [3.8, 4) is 5.75 Å². The predicted octanol–water partition coefficient (Wildman–Crippen LogP) is 2.91. The van der Waals surface area contributed by atoms with E-state index in [1.54, 1.807) is 0 Å². The van der Waals surface area contributed by atoms with Crippen molar-refractivity contribution in [3.05, 3.63) is 29.3 Å². The molecule has 0 radical (unpaired) electrons. The number of hydrogen-bond donors (Lipinski definition) is 1. The first-order valence-electron chi connectivity index (χ1n) is 4.58. The summed E-state index contributed by atoms with van der Waals surface area (Å²) in [7, 11) is 0. The Balaban J connectivity index is 0.00000128. The van der Waals surface area contributed by atoms with Crippen molar-refractivity contribution in [2.24, 2.45) is 5.73 Å². The molecule has 1 aromatic rings. The second-order valence-corrected chi connectivity index (χ2v) is 3.49. The van der Waals surface area contributed by atoms with Gasteiger partial charge in [-0.25, -0.2) is 0 Å². The highest BCUT2D eigenvalue weighted by molar-refractivity contribution is 5.85. The van der Waals surface area contributed by atoms with Crippen molar-refractivity contribution < 1.29 is 17.9 Å². The van der Waals surface area contributed by atoms with Crippen LogP contribution in [0.25, 0.3) is 0 Å². The topological polar surface area (TPSA) is 35.2 Å². The van der Waals surface area contributed by atoms with E-state index < -0.39 is 11.7 Å². The number of nitrogens with two attached hydrogens (primary N) is 1. The number of benzene rings is 1. The van der Waals surface area contributed by atoms with Crippen molar-refractivity contribution in [3.63, 3.8) is 0 Å². The minimum atomic E-state index is -4.33. The maximum atomic E-state index is 12.4. The minimum absolute atomic E-state index is 0. The molecule has 0 amide bonds. The van der Waals surface area contributed by atoms with E-state index in [1.807, 2.05) is 0 Å². The largest absolute Gasteiger partial charge is 0.493 e. The second-order valence-electron chi connectivity index (χ2n) is 3.49. The Bertz CT molecular complexity index is 381. The Morgan fingerprint density at radius 3 is 2.62 bits per heavy atom. The summed E-state index contributed by atoms with van der Waals surface area (Å²) in [6.07, 6.45) is -3.70. The van der Waals surface area contributed by atoms with E-state index in [1.165, 1.54) is 6.07 Å². The lowest BCUT2D eigenvalue weighted by molar-refractivity contribution is -0.137. The molecule has 0 bridgehead atoms. The van der Waals surface area contributed by atoms with E-state index in [2.05, 4.69) is 0 Å². The molecule has 0 fully saturated rings. The Morgan fingerprint density at radius 2 is 2.00 bits per heavy atom. The maximum absolute atomic E-state index is 12.4. The van der Waals surface area contributed by atoms with Crippen molar-refractivity contribution in [2.45, 2.75) is 18.6 Å². The third-order valence-electron chi connectivity index (χ3n) is 2.43. The molecule has 0 unspecified atom stereocenters. The van der Waals surface area contributed by atoms with Gasteiger partial charge in [-0.2, -0.15) is 13.2 Å². The van der Waals surface area contributed by atoms with Crippen LogP contribution in [0.2, 0.25) is 0 Å². The summed E-state index contributed by atoms with van der Waals surface area (Å²) in [5, 5.41) is 0. The molecule has 1 aliphatic heterocycles. The SMILES string of the molecule is Cl.N[C@@H]1CCOc2cc(C(F)(F)F)ccc21. The summed E-state index contributed by atoms with van der Waals surface area (Å²) >= 11 is 0. The predicted molar refractivity (Wildman–Crippen MR) is 55.7 cm³/mol. The van der Waals surface area contributed by atoms with Crippen LogP contribution in [0.1, 0.15) is 23.6 Å². The van der Waals surface area contributed by atoms with Crippen LogP contribution in [0, 0.1) is 0 Å². The number of hydrogen-bond acceptors (Lipinski definition) is 2. The Labute approximate surface area is 97.0 Å². The van der Waals surface area contributed by atoms with Crippen molar-refractivity contribution >= 4 is 12.4 Å². The molecule has 0 saturated heterocycles. The molecule has 0 aromatic heterocycles. The van der Waals surface area contributed by atoms with E-state index >= 15 is 0 Å². The van der Waals surface area contributed by atoms with Gasteiger partial charge in [-0.05, 0) is 12.1 Å². The van der Waals surface area contributed by atoms with Crippen LogP contribution in [0.3, 0.4) is 0 Å². The van der Waals surface area contributed by atoms with Crippen LogP contribution >= 0.6 is 12.4 Å². The van der Waals surface area contributed by atoms with Gasteiger partial charge in [0.1, 0.15) is 5.75 Å². The van der Waals surface area contributed by atoms with Gasteiger partial charge in [-0.1, -0.05) is 6.07 Å². The van der Waals surface area contributed by atoms with E-state index in [-0.39, 0.29) is 24.2 Å². The smallest absolute Gasteiger partial charge is 0.416 e. The minimum Gasteiger partial charge on any atom is -0.493 e. The summed E-state index contributed by atoms with van der Waals surface area (Å²) in [6, 6.07) is 3.21. The normalized spacial score (nSPS) is 19.4. The molecule has 2 rings (SSSR count). The molecule has 2 N–H and O–H groups in total. The molecule has 16 heavy (non-hydrogen) atoms. The molecule has 0 spiro atoms. The van der Waals surface area contributed by atoms with Crippen LogP contribution in [0.4, 0.5) is 13.2 Å². The molecular formula is C10H11ClF3NO. The Kier molecular flexibility index (Phi) is 3.70. The molecule has 0 aliphatic carbocycles. The average molecular weight is 254 g/mol. The summed E-state index contributed by atoms with van der Waals surface area (Å²) in [5.74, 6) is 0.253. The zero-order chi connectivity index (χ0) is 11.1. The van der Waals surface area contributed by atoms with Gasteiger partial charge in [0.2, 0.25) is 0 Å². The zero-order valence-corrected chi connectivity index (χ0v) is 9.07. The molecule has 90 valence electrons. The van der Waals surface area contributed by atoms with E-state index in [0.29, 0.717) is 18.6 Å². The lowest BCUT2D eigenvalue weighted by Crippen LogP contribution is -2.21. The first-order valence-corrected chi connectivity index (χ1v) is 4.58. The van der Waals surface area contributed by atoms with Gasteiger partial charge in [0.15, 0.2) is 0 Å². The summed E-state index contributed by atoms with van der Waals surface area (Å²) in [5.41, 5.74) is 5.69. The fourth-order valence-corrected chi connectivity index (χ4v) is 1.59. The monoisotopic (exact) mass is 253 g/mol. The maximum Gasteiger partial charge on any atom is 0.416 e. The van der Waals surface area contributed by atoms with Gasteiger partial charge in [0.25, 0.3) is 0 Å². The van der Waals surface area contributed by atoms with Gasteiger partial charge in [0.05, 0.1) is 12.2 Å². The van der Waals surface area contributed by atoms with Gasteiger partial charge in [-0.15, -0.1) is 12.4 Å². The lowest BCUT2D eigenvalue weighted by atomic mass is 9.99. The number of alkyl halides is 3. The number of fused-ring (bicyclic) bond motifs is 1. The average Bonchev–Trinajstić information content (AvgIpc) is 2.16. The Morgan fingerprint density at radius 1 is 1.31 bits per heavy atom. The second kappa shape index (κ2) is 4.51. The quantitative estimate of drug-likeness (QED) is 0.772. The van der Waals surface area contributed by atoms with Crippen LogP contribution in [-0.4, -0.2) is 6.61 Å². The van der Waals surface area contributed by atoms with E-state index in [0.717, 1.165) is 12.1 Å². The number of ether oxygens (including phenoxy) is 1. The molecule has 2 nitrogen and oxygen atoms in total. The molecular weight excluding hydrogens is 243 g/mol. The summed E-state index contributed by atoms with van der Waals surface area (Å²) < 4.78 is 42.3. The molecule has 0 saturated carbocycles. The third-order valence-corrected chi connectivity index (χ3v) is 2.43. The van der Waals surface area contributed by atoms with Gasteiger partial charge in [0, 0.05) is 18.0 Å². The van der Waals surface area contributed by atoms with Crippen molar-refractivity contribution in [1.29, 1.82) is 0 Å². The summed E-state index contributed by atoms with van der Waals surface area (Å²) in [4.78, 5) is 0. The highest BCUT2D eigenvalue weighted by Gasteiger charge is 2.32. The van der Waals surface area contributed by atoms with Crippen molar-refractivity contribution in [1.82, 2.24) is 0 Å². The van der Waals surface area contributed by atoms with E-state index in [9.17, 15) is 13.2 Å². The summed E-state index contributed by atoms with van der Waals surface area (Å²) in [6.45, 7) is 0.371. The fraction of sp³-hybridized carbons (Fsp3) is 0.400. The highest BCUT2D eigenvalue weighted by Crippen LogP contribution is 2.36. The molecule has 1 heterocycles. The number of halogens is 4. The molecule has 6 heteroatoms. The van der Waals surface area contributed by atoms with Crippen LogP contribution in [0.15, 0.2) is 18.2 Å². The van der Waals surface area contributed by atoms with Gasteiger partial charge >= 0.3 is 6.18 Å². The standard InChI is InChI=1S/C10H10F3NO.ClH/c11-10(12,13)6-1-2-7-8(14)3-4-15-9(7)5-6;/h1-2,5,8H,3-4,14H2;1H/t8-;/m1./s1. The lowest BCUT2D eigenvalue weighted by Gasteiger charge is -2.23. The molecule has 1 atom stereocenters. The molecule has 1 aromatic carbocycles. The van der Waals surface area contributed by atoms with Crippen LogP contribution < -0.4 is 10.5 Å². The van der Waals surface area contributed by atoms with Crippen molar-refractivity contribution in [2.75, 3.05) is 6.61 Å². The third kappa shape index (κ3) is 2.41. The van der Waals surface area contributed by atoms with E-state index in [4.69, 9.17) is 10.5 Å². The van der Waals surface area contributed by atoms with Crippen LogP contribution in [0.5, 0.6) is 5.75 Å². The Hall–Kier alpha value is -0.940. The molecule has 1 aliphatic rings.